The third-order valence-corrected chi connectivity index (χ3v) is 4.62. The maximum atomic E-state index is 13.9. The zero-order valence-corrected chi connectivity index (χ0v) is 14.4. The summed E-state index contributed by atoms with van der Waals surface area (Å²) in [6.45, 7) is 2.02. The van der Waals surface area contributed by atoms with E-state index in [1.807, 2.05) is 14.0 Å². The Morgan fingerprint density at radius 2 is 2.10 bits per heavy atom. The molecule has 0 fully saturated rings. The summed E-state index contributed by atoms with van der Waals surface area (Å²) in [6.07, 6.45) is 0.208. The van der Waals surface area contributed by atoms with Crippen molar-refractivity contribution in [3.63, 3.8) is 0 Å². The average Bonchev–Trinajstić information content (AvgIpc) is 2.66. The van der Waals surface area contributed by atoms with E-state index in [4.69, 9.17) is 0 Å². The number of hydrogen-bond acceptors (Lipinski definition) is 2. The number of benzene rings is 1. The Morgan fingerprint density at radius 3 is 2.65 bits per heavy atom. The second-order valence-corrected chi connectivity index (χ2v) is 6.28. The first-order valence-corrected chi connectivity index (χ1v) is 7.85. The summed E-state index contributed by atoms with van der Waals surface area (Å²) in [6, 6.07) is 4.67. The number of aliphatic hydroxyl groups is 1. The van der Waals surface area contributed by atoms with Gasteiger partial charge in [0, 0.05) is 23.5 Å². The predicted molar refractivity (Wildman–Crippen MR) is 83.0 cm³/mol. The van der Waals surface area contributed by atoms with Gasteiger partial charge >= 0.3 is 0 Å². The third kappa shape index (κ3) is 3.13. The number of aromatic nitrogens is 2. The van der Waals surface area contributed by atoms with Gasteiger partial charge in [0.25, 0.3) is 0 Å². The van der Waals surface area contributed by atoms with Gasteiger partial charge in [-0.3, -0.25) is 4.68 Å². The molecule has 2 rings (SSSR count). The predicted octanol–water partition coefficient (Wildman–Crippen LogP) is 3.92. The molecule has 3 nitrogen and oxygen atoms in total. The van der Waals surface area contributed by atoms with Crippen LogP contribution in [0.4, 0.5) is 4.39 Å². The molecule has 1 N–H and O–H groups in total. The van der Waals surface area contributed by atoms with Crippen molar-refractivity contribution in [3.8, 4) is 0 Å². The summed E-state index contributed by atoms with van der Waals surface area (Å²) in [4.78, 5) is 0. The van der Waals surface area contributed by atoms with Crippen LogP contribution in [0.2, 0.25) is 0 Å². The smallest absolute Gasteiger partial charge is 0.130 e. The van der Waals surface area contributed by atoms with Gasteiger partial charge in [0.15, 0.2) is 0 Å². The fourth-order valence-electron chi connectivity index (χ4n) is 2.11. The Labute approximate surface area is 134 Å². The molecule has 0 amide bonds. The van der Waals surface area contributed by atoms with Crippen LogP contribution in [-0.2, 0) is 19.9 Å². The molecular weight excluding hydrogens is 391 g/mol. The molecule has 0 saturated carbocycles. The van der Waals surface area contributed by atoms with Gasteiger partial charge in [0.2, 0.25) is 0 Å². The quantitative estimate of drug-likeness (QED) is 0.836. The monoisotopic (exact) mass is 404 g/mol. The number of rotatable bonds is 4. The van der Waals surface area contributed by atoms with Crippen molar-refractivity contribution in [1.29, 1.82) is 0 Å². The molecule has 0 bridgehead atoms. The maximum absolute atomic E-state index is 13.9. The molecule has 0 spiro atoms. The summed E-state index contributed by atoms with van der Waals surface area (Å²) in [5.41, 5.74) is 2.09. The van der Waals surface area contributed by atoms with Crippen LogP contribution < -0.4 is 0 Å². The van der Waals surface area contributed by atoms with Crippen LogP contribution in [-0.4, -0.2) is 14.9 Å². The van der Waals surface area contributed by atoms with E-state index in [0.717, 1.165) is 22.3 Å². The fourth-order valence-corrected chi connectivity index (χ4v) is 3.22. The van der Waals surface area contributed by atoms with Crippen LogP contribution >= 0.6 is 31.9 Å². The van der Waals surface area contributed by atoms with Crippen LogP contribution in [0, 0.1) is 5.82 Å². The van der Waals surface area contributed by atoms with Crippen molar-refractivity contribution in [3.05, 3.63) is 49.9 Å². The molecule has 0 aliphatic rings. The van der Waals surface area contributed by atoms with Crippen LogP contribution in [0.1, 0.15) is 30.0 Å². The average molecular weight is 406 g/mol. The zero-order valence-electron chi connectivity index (χ0n) is 11.2. The lowest BCUT2D eigenvalue weighted by atomic mass is 10.0. The van der Waals surface area contributed by atoms with Gasteiger partial charge in [-0.15, -0.1) is 0 Å². The van der Waals surface area contributed by atoms with Crippen molar-refractivity contribution in [2.24, 2.45) is 7.05 Å². The molecule has 1 aromatic carbocycles. The molecule has 1 atom stereocenters. The highest BCUT2D eigenvalue weighted by atomic mass is 79.9. The molecule has 0 aliphatic carbocycles. The molecule has 2 aromatic rings. The van der Waals surface area contributed by atoms with Crippen molar-refractivity contribution in [2.75, 3.05) is 0 Å². The summed E-state index contributed by atoms with van der Waals surface area (Å²) in [5, 5.41) is 14.6. The SMILES string of the molecule is CCc1nn(C)c(CC(O)c2ccc(Br)cc2F)c1Br. The molecule has 0 saturated heterocycles. The fraction of sp³-hybridized carbons (Fsp3) is 0.357. The first-order valence-electron chi connectivity index (χ1n) is 6.27. The number of aliphatic hydroxyl groups excluding tert-OH is 1. The Kier molecular flexibility index (Phi) is 4.99. The van der Waals surface area contributed by atoms with Gasteiger partial charge < -0.3 is 5.11 Å². The van der Waals surface area contributed by atoms with Crippen LogP contribution in [0.15, 0.2) is 27.1 Å². The summed E-state index contributed by atoms with van der Waals surface area (Å²) in [5.74, 6) is -0.416. The van der Waals surface area contributed by atoms with Gasteiger partial charge in [0.1, 0.15) is 5.82 Å². The van der Waals surface area contributed by atoms with E-state index in [-0.39, 0.29) is 0 Å². The summed E-state index contributed by atoms with van der Waals surface area (Å²) in [7, 11) is 1.82. The van der Waals surface area contributed by atoms with Crippen molar-refractivity contribution in [2.45, 2.75) is 25.9 Å². The van der Waals surface area contributed by atoms with E-state index in [9.17, 15) is 9.50 Å². The minimum atomic E-state index is -0.903. The lowest BCUT2D eigenvalue weighted by Crippen LogP contribution is -2.08. The van der Waals surface area contributed by atoms with Crippen LogP contribution in [0.25, 0.3) is 0 Å². The number of aryl methyl sites for hydroxylation is 2. The van der Waals surface area contributed by atoms with E-state index in [0.29, 0.717) is 16.5 Å². The maximum Gasteiger partial charge on any atom is 0.130 e. The van der Waals surface area contributed by atoms with Gasteiger partial charge in [0.05, 0.1) is 22.0 Å². The highest BCUT2D eigenvalue weighted by Crippen LogP contribution is 2.28. The largest absolute Gasteiger partial charge is 0.388 e. The van der Waals surface area contributed by atoms with E-state index < -0.39 is 11.9 Å². The molecule has 0 radical (unpaired) electrons. The third-order valence-electron chi connectivity index (χ3n) is 3.21. The second kappa shape index (κ2) is 6.37. The Balaban J connectivity index is 2.27. The molecule has 1 unspecified atom stereocenters. The molecule has 0 aliphatic heterocycles. The minimum Gasteiger partial charge on any atom is -0.388 e. The Hall–Kier alpha value is -0.720. The first kappa shape index (κ1) is 15.7. The highest BCUT2D eigenvalue weighted by molar-refractivity contribution is 9.10. The Bertz CT molecular complexity index is 628. The number of halogens is 3. The topological polar surface area (TPSA) is 38.0 Å². The first-order chi connectivity index (χ1) is 9.43. The van der Waals surface area contributed by atoms with Crippen molar-refractivity contribution < 1.29 is 9.50 Å². The van der Waals surface area contributed by atoms with Crippen molar-refractivity contribution in [1.82, 2.24) is 9.78 Å². The molecule has 1 heterocycles. The van der Waals surface area contributed by atoms with Gasteiger partial charge in [-0.1, -0.05) is 28.9 Å². The van der Waals surface area contributed by atoms with Gasteiger partial charge in [-0.05, 0) is 34.5 Å². The van der Waals surface area contributed by atoms with Crippen molar-refractivity contribution >= 4 is 31.9 Å². The standard InChI is InChI=1S/C14H15Br2FN2O/c1-3-11-14(16)12(19(2)18-11)7-13(20)9-5-4-8(15)6-10(9)17/h4-6,13,20H,3,7H2,1-2H3. The minimum absolute atomic E-state index is 0.291. The molecule has 20 heavy (non-hydrogen) atoms. The van der Waals surface area contributed by atoms with Gasteiger partial charge in [-0.2, -0.15) is 5.10 Å². The molecule has 1 aromatic heterocycles. The van der Waals surface area contributed by atoms with E-state index in [2.05, 4.69) is 37.0 Å². The van der Waals surface area contributed by atoms with E-state index in [1.165, 1.54) is 6.07 Å². The van der Waals surface area contributed by atoms with Crippen LogP contribution in [0.5, 0.6) is 0 Å². The Morgan fingerprint density at radius 1 is 1.40 bits per heavy atom. The molecule has 6 heteroatoms. The number of hydrogen-bond donors (Lipinski definition) is 1. The molecule has 108 valence electrons. The number of nitrogens with zero attached hydrogens (tertiary/aromatic N) is 2. The molecular formula is C14H15Br2FN2O. The zero-order chi connectivity index (χ0) is 14.9. The van der Waals surface area contributed by atoms with Crippen LogP contribution in [0.3, 0.4) is 0 Å². The lowest BCUT2D eigenvalue weighted by Gasteiger charge is -2.13. The lowest BCUT2D eigenvalue weighted by molar-refractivity contribution is 0.171. The highest BCUT2D eigenvalue weighted by Gasteiger charge is 2.19. The van der Waals surface area contributed by atoms with E-state index >= 15 is 0 Å². The van der Waals surface area contributed by atoms with E-state index in [1.54, 1.807) is 16.8 Å². The normalized spacial score (nSPS) is 12.7. The summed E-state index contributed by atoms with van der Waals surface area (Å²) < 4.78 is 17.1. The summed E-state index contributed by atoms with van der Waals surface area (Å²) >= 11 is 6.70. The van der Waals surface area contributed by atoms with Gasteiger partial charge in [-0.25, -0.2) is 4.39 Å². The second-order valence-electron chi connectivity index (χ2n) is 4.57.